The van der Waals surface area contributed by atoms with E-state index in [1.54, 1.807) is 11.0 Å². The fourth-order valence-electron chi connectivity index (χ4n) is 2.65. The van der Waals surface area contributed by atoms with Gasteiger partial charge in [0.05, 0.1) is 5.56 Å². The SMILES string of the molecule is O=C(O)c1ccc(N2CCN(C(=O)c3ccc(F)c(F)c3)CC2)nc1. The molecule has 1 aliphatic heterocycles. The van der Waals surface area contributed by atoms with Crippen molar-refractivity contribution < 1.29 is 23.5 Å². The number of aromatic nitrogens is 1. The summed E-state index contributed by atoms with van der Waals surface area (Å²) in [6.45, 7) is 1.82. The van der Waals surface area contributed by atoms with Gasteiger partial charge in [0, 0.05) is 37.9 Å². The van der Waals surface area contributed by atoms with Gasteiger partial charge in [0.2, 0.25) is 0 Å². The molecule has 1 aromatic heterocycles. The maximum Gasteiger partial charge on any atom is 0.337 e. The number of halogens is 2. The molecule has 0 unspecified atom stereocenters. The summed E-state index contributed by atoms with van der Waals surface area (Å²) in [6, 6.07) is 6.20. The summed E-state index contributed by atoms with van der Waals surface area (Å²) < 4.78 is 26.2. The van der Waals surface area contributed by atoms with Gasteiger partial charge < -0.3 is 14.9 Å². The number of rotatable bonds is 3. The predicted octanol–water partition coefficient (Wildman–Crippen LogP) is 2.02. The van der Waals surface area contributed by atoms with Gasteiger partial charge in [-0.15, -0.1) is 0 Å². The molecule has 1 fully saturated rings. The van der Waals surface area contributed by atoms with Crippen molar-refractivity contribution in [2.45, 2.75) is 0 Å². The van der Waals surface area contributed by atoms with Crippen molar-refractivity contribution in [1.29, 1.82) is 0 Å². The fraction of sp³-hybridized carbons (Fsp3) is 0.235. The minimum atomic E-state index is -1.05. The number of hydrogen-bond acceptors (Lipinski definition) is 4. The van der Waals surface area contributed by atoms with Crippen LogP contribution in [0.2, 0.25) is 0 Å². The Kier molecular flexibility index (Phi) is 4.60. The lowest BCUT2D eigenvalue weighted by Crippen LogP contribution is -2.49. The summed E-state index contributed by atoms with van der Waals surface area (Å²) in [5.41, 5.74) is 0.215. The number of carbonyl (C=O) groups is 2. The van der Waals surface area contributed by atoms with Crippen LogP contribution in [0.5, 0.6) is 0 Å². The molecule has 25 heavy (non-hydrogen) atoms. The second-order valence-corrected chi connectivity index (χ2v) is 5.62. The van der Waals surface area contributed by atoms with Crippen LogP contribution < -0.4 is 4.90 Å². The average molecular weight is 347 g/mol. The van der Waals surface area contributed by atoms with E-state index in [9.17, 15) is 18.4 Å². The zero-order chi connectivity index (χ0) is 18.0. The molecule has 2 aromatic rings. The minimum absolute atomic E-state index is 0.107. The Hall–Kier alpha value is -3.03. The van der Waals surface area contributed by atoms with Crippen molar-refractivity contribution in [2.75, 3.05) is 31.1 Å². The highest BCUT2D eigenvalue weighted by Gasteiger charge is 2.23. The van der Waals surface area contributed by atoms with Crippen molar-refractivity contribution in [1.82, 2.24) is 9.88 Å². The molecule has 0 aliphatic carbocycles. The number of amides is 1. The van der Waals surface area contributed by atoms with E-state index in [-0.39, 0.29) is 17.0 Å². The van der Waals surface area contributed by atoms with Gasteiger partial charge in [-0.3, -0.25) is 4.79 Å². The molecular weight excluding hydrogens is 332 g/mol. The van der Waals surface area contributed by atoms with Crippen LogP contribution in [0.1, 0.15) is 20.7 Å². The summed E-state index contributed by atoms with van der Waals surface area (Å²) in [6.07, 6.45) is 1.29. The van der Waals surface area contributed by atoms with Gasteiger partial charge in [-0.2, -0.15) is 0 Å². The lowest BCUT2D eigenvalue weighted by Gasteiger charge is -2.35. The first-order chi connectivity index (χ1) is 12.0. The first-order valence-corrected chi connectivity index (χ1v) is 7.64. The summed E-state index contributed by atoms with van der Waals surface area (Å²) >= 11 is 0. The Bertz CT molecular complexity index is 803. The first kappa shape index (κ1) is 16.8. The Morgan fingerprint density at radius 3 is 2.20 bits per heavy atom. The van der Waals surface area contributed by atoms with Gasteiger partial charge in [0.15, 0.2) is 11.6 Å². The minimum Gasteiger partial charge on any atom is -0.478 e. The van der Waals surface area contributed by atoms with Crippen LogP contribution in [0, 0.1) is 11.6 Å². The monoisotopic (exact) mass is 347 g/mol. The predicted molar refractivity (Wildman–Crippen MR) is 85.7 cm³/mol. The van der Waals surface area contributed by atoms with E-state index in [0.29, 0.717) is 32.0 Å². The summed E-state index contributed by atoms with van der Waals surface area (Å²) in [7, 11) is 0. The largest absolute Gasteiger partial charge is 0.478 e. The molecule has 1 saturated heterocycles. The van der Waals surface area contributed by atoms with Gasteiger partial charge in [0.1, 0.15) is 5.82 Å². The molecule has 1 aromatic carbocycles. The van der Waals surface area contributed by atoms with Crippen LogP contribution in [-0.4, -0.2) is 53.0 Å². The smallest absolute Gasteiger partial charge is 0.337 e. The molecule has 6 nitrogen and oxygen atoms in total. The van der Waals surface area contributed by atoms with Crippen LogP contribution in [-0.2, 0) is 0 Å². The summed E-state index contributed by atoms with van der Waals surface area (Å²) in [4.78, 5) is 30.8. The van der Waals surface area contributed by atoms with E-state index in [0.717, 1.165) is 12.1 Å². The summed E-state index contributed by atoms with van der Waals surface area (Å²) in [5, 5.41) is 8.88. The summed E-state index contributed by atoms with van der Waals surface area (Å²) in [5.74, 6) is -2.80. The molecule has 1 aliphatic rings. The van der Waals surface area contributed by atoms with Crippen LogP contribution in [0.15, 0.2) is 36.5 Å². The van der Waals surface area contributed by atoms with Crippen molar-refractivity contribution in [3.05, 3.63) is 59.3 Å². The van der Waals surface area contributed by atoms with Gasteiger partial charge in [-0.25, -0.2) is 18.6 Å². The fourth-order valence-corrected chi connectivity index (χ4v) is 2.65. The average Bonchev–Trinajstić information content (AvgIpc) is 2.63. The molecule has 1 N–H and O–H groups in total. The van der Waals surface area contributed by atoms with E-state index in [4.69, 9.17) is 5.11 Å². The molecule has 2 heterocycles. The Balaban J connectivity index is 1.64. The van der Waals surface area contributed by atoms with Gasteiger partial charge >= 0.3 is 5.97 Å². The second-order valence-electron chi connectivity index (χ2n) is 5.62. The number of hydrogen-bond donors (Lipinski definition) is 1. The molecule has 130 valence electrons. The number of piperazine rings is 1. The van der Waals surface area contributed by atoms with E-state index >= 15 is 0 Å². The van der Waals surface area contributed by atoms with Crippen LogP contribution in [0.25, 0.3) is 0 Å². The van der Waals surface area contributed by atoms with Crippen LogP contribution in [0.4, 0.5) is 14.6 Å². The zero-order valence-corrected chi connectivity index (χ0v) is 13.2. The number of nitrogens with zero attached hydrogens (tertiary/aromatic N) is 3. The highest BCUT2D eigenvalue weighted by molar-refractivity contribution is 5.94. The number of aromatic carboxylic acids is 1. The maximum atomic E-state index is 13.3. The molecule has 0 spiro atoms. The Morgan fingerprint density at radius 2 is 1.64 bits per heavy atom. The number of benzene rings is 1. The molecule has 0 saturated carbocycles. The molecule has 1 amide bonds. The zero-order valence-electron chi connectivity index (χ0n) is 13.2. The van der Waals surface area contributed by atoms with Crippen LogP contribution >= 0.6 is 0 Å². The molecule has 0 atom stereocenters. The molecule has 8 heteroatoms. The number of carboxylic acid groups (broad SMARTS) is 1. The van der Waals surface area contributed by atoms with Gasteiger partial charge in [-0.1, -0.05) is 0 Å². The van der Waals surface area contributed by atoms with E-state index < -0.39 is 17.6 Å². The van der Waals surface area contributed by atoms with Crippen molar-refractivity contribution in [2.24, 2.45) is 0 Å². The topological polar surface area (TPSA) is 73.7 Å². The molecule has 0 radical (unpaired) electrons. The van der Waals surface area contributed by atoms with E-state index in [1.807, 2.05) is 4.90 Å². The Morgan fingerprint density at radius 1 is 0.960 bits per heavy atom. The number of pyridine rings is 1. The van der Waals surface area contributed by atoms with Crippen molar-refractivity contribution in [3.63, 3.8) is 0 Å². The number of carbonyl (C=O) groups excluding carboxylic acids is 1. The van der Waals surface area contributed by atoms with Crippen molar-refractivity contribution >= 4 is 17.7 Å². The van der Waals surface area contributed by atoms with Gasteiger partial charge in [0.25, 0.3) is 5.91 Å². The van der Waals surface area contributed by atoms with Crippen LogP contribution in [0.3, 0.4) is 0 Å². The lowest BCUT2D eigenvalue weighted by atomic mass is 10.1. The molecule has 0 bridgehead atoms. The third-order valence-electron chi connectivity index (χ3n) is 4.05. The normalized spacial score (nSPS) is 14.5. The number of anilines is 1. The number of carboxylic acids is 1. The third kappa shape index (κ3) is 3.57. The highest BCUT2D eigenvalue weighted by atomic mass is 19.2. The molecule has 3 rings (SSSR count). The van der Waals surface area contributed by atoms with Crippen molar-refractivity contribution in [3.8, 4) is 0 Å². The Labute approximate surface area is 142 Å². The quantitative estimate of drug-likeness (QED) is 0.920. The van der Waals surface area contributed by atoms with E-state index in [2.05, 4.69) is 4.98 Å². The van der Waals surface area contributed by atoms with Gasteiger partial charge in [-0.05, 0) is 30.3 Å². The third-order valence-corrected chi connectivity index (χ3v) is 4.05. The maximum absolute atomic E-state index is 13.3. The highest BCUT2D eigenvalue weighted by Crippen LogP contribution is 2.17. The second kappa shape index (κ2) is 6.84. The van der Waals surface area contributed by atoms with E-state index in [1.165, 1.54) is 18.3 Å². The molecular formula is C17H15F2N3O3. The standard InChI is InChI=1S/C17H15F2N3O3/c18-13-3-1-11(9-14(13)19)16(23)22-7-5-21(6-8-22)15-4-2-12(10-20-15)17(24)25/h1-4,9-10H,5-8H2,(H,24,25). The lowest BCUT2D eigenvalue weighted by molar-refractivity contribution is 0.0694. The first-order valence-electron chi connectivity index (χ1n) is 7.64.